The molecule has 0 radical (unpaired) electrons. The SMILES string of the molecule is CN1CCC(n2nccc2NC(=O)c2cc(-c3ccccc3Cl)no2)CC1. The molecule has 1 aromatic carbocycles. The minimum absolute atomic E-state index is 0.126. The van der Waals surface area contributed by atoms with Gasteiger partial charge in [-0.3, -0.25) is 4.79 Å². The van der Waals surface area contributed by atoms with Crippen molar-refractivity contribution < 1.29 is 9.32 Å². The number of likely N-dealkylation sites (tertiary alicyclic amines) is 1. The van der Waals surface area contributed by atoms with Gasteiger partial charge in [-0.05, 0) is 39.0 Å². The summed E-state index contributed by atoms with van der Waals surface area (Å²) in [6.07, 6.45) is 3.70. The average molecular weight is 386 g/mol. The Morgan fingerprint density at radius 2 is 2.04 bits per heavy atom. The van der Waals surface area contributed by atoms with E-state index in [2.05, 4.69) is 27.5 Å². The van der Waals surface area contributed by atoms with Crippen molar-refractivity contribution in [2.24, 2.45) is 0 Å². The van der Waals surface area contributed by atoms with Crippen molar-refractivity contribution in [3.8, 4) is 11.3 Å². The van der Waals surface area contributed by atoms with Crippen LogP contribution < -0.4 is 5.32 Å². The lowest BCUT2D eigenvalue weighted by atomic mass is 10.1. The number of hydrogen-bond acceptors (Lipinski definition) is 5. The normalized spacial score (nSPS) is 15.8. The van der Waals surface area contributed by atoms with Crippen LogP contribution in [-0.2, 0) is 0 Å². The van der Waals surface area contributed by atoms with Gasteiger partial charge in [0.15, 0.2) is 0 Å². The summed E-state index contributed by atoms with van der Waals surface area (Å²) >= 11 is 6.18. The van der Waals surface area contributed by atoms with Crippen LogP contribution in [0, 0.1) is 0 Å². The number of nitrogens with zero attached hydrogens (tertiary/aromatic N) is 4. The Balaban J connectivity index is 1.49. The molecular weight excluding hydrogens is 366 g/mol. The third-order valence-corrected chi connectivity index (χ3v) is 5.16. The van der Waals surface area contributed by atoms with Crippen molar-refractivity contribution in [1.82, 2.24) is 19.8 Å². The maximum atomic E-state index is 12.6. The molecule has 0 spiro atoms. The van der Waals surface area contributed by atoms with Crippen LogP contribution in [0.4, 0.5) is 5.82 Å². The van der Waals surface area contributed by atoms with Crippen molar-refractivity contribution in [2.75, 3.05) is 25.5 Å². The standard InChI is InChI=1S/C19H20ClN5O2/c1-24-10-7-13(8-11-24)25-18(6-9-21-25)22-19(26)17-12-16(23-27-17)14-4-2-3-5-15(14)20/h2-6,9,12-13H,7-8,10-11H2,1H3,(H,22,26). The molecule has 27 heavy (non-hydrogen) atoms. The first-order valence-corrected chi connectivity index (χ1v) is 9.24. The van der Waals surface area contributed by atoms with Gasteiger partial charge in [-0.1, -0.05) is 35.0 Å². The highest BCUT2D eigenvalue weighted by Gasteiger charge is 2.23. The Morgan fingerprint density at radius 3 is 2.81 bits per heavy atom. The van der Waals surface area contributed by atoms with E-state index in [4.69, 9.17) is 16.1 Å². The second kappa shape index (κ2) is 7.54. The van der Waals surface area contributed by atoms with Gasteiger partial charge in [0.25, 0.3) is 5.91 Å². The van der Waals surface area contributed by atoms with E-state index < -0.39 is 0 Å². The van der Waals surface area contributed by atoms with Crippen molar-refractivity contribution in [3.63, 3.8) is 0 Å². The minimum Gasteiger partial charge on any atom is -0.350 e. The van der Waals surface area contributed by atoms with Gasteiger partial charge in [-0.2, -0.15) is 5.10 Å². The first kappa shape index (κ1) is 17.8. The summed E-state index contributed by atoms with van der Waals surface area (Å²) in [5.74, 6) is 0.418. The first-order valence-electron chi connectivity index (χ1n) is 8.87. The molecule has 1 saturated heterocycles. The molecule has 0 saturated carbocycles. The molecule has 1 fully saturated rings. The Morgan fingerprint density at radius 1 is 1.26 bits per heavy atom. The summed E-state index contributed by atoms with van der Waals surface area (Å²) < 4.78 is 7.11. The molecule has 0 atom stereocenters. The molecule has 3 aromatic rings. The Kier molecular flexibility index (Phi) is 4.96. The molecule has 1 aliphatic heterocycles. The highest BCUT2D eigenvalue weighted by molar-refractivity contribution is 6.33. The topological polar surface area (TPSA) is 76.2 Å². The van der Waals surface area contributed by atoms with Gasteiger partial charge in [0.05, 0.1) is 17.3 Å². The zero-order chi connectivity index (χ0) is 18.8. The van der Waals surface area contributed by atoms with Crippen molar-refractivity contribution in [2.45, 2.75) is 18.9 Å². The number of amides is 1. The van der Waals surface area contributed by atoms with Crippen LogP contribution >= 0.6 is 11.6 Å². The summed E-state index contributed by atoms with van der Waals surface area (Å²) in [5.41, 5.74) is 1.24. The van der Waals surface area contributed by atoms with E-state index in [1.54, 1.807) is 24.4 Å². The molecule has 0 unspecified atom stereocenters. The molecule has 140 valence electrons. The van der Waals surface area contributed by atoms with Gasteiger partial charge in [0.1, 0.15) is 11.5 Å². The zero-order valence-electron chi connectivity index (χ0n) is 14.9. The van der Waals surface area contributed by atoms with Gasteiger partial charge in [-0.15, -0.1) is 0 Å². The maximum Gasteiger partial charge on any atom is 0.295 e. The number of nitrogens with one attached hydrogen (secondary N) is 1. The summed E-state index contributed by atoms with van der Waals surface area (Å²) in [5, 5.41) is 11.8. The van der Waals surface area contributed by atoms with Crippen molar-refractivity contribution in [3.05, 3.63) is 53.4 Å². The Hall–Kier alpha value is -2.64. The van der Waals surface area contributed by atoms with E-state index >= 15 is 0 Å². The highest BCUT2D eigenvalue weighted by atomic mass is 35.5. The van der Waals surface area contributed by atoms with Crippen molar-refractivity contribution in [1.29, 1.82) is 0 Å². The smallest absolute Gasteiger partial charge is 0.295 e. The number of benzene rings is 1. The molecule has 1 N–H and O–H groups in total. The molecule has 0 aliphatic carbocycles. The van der Waals surface area contributed by atoms with Gasteiger partial charge in [0.2, 0.25) is 5.76 Å². The fraction of sp³-hybridized carbons (Fsp3) is 0.316. The second-order valence-electron chi connectivity index (χ2n) is 6.71. The average Bonchev–Trinajstić information content (AvgIpc) is 3.32. The summed E-state index contributed by atoms with van der Waals surface area (Å²) in [6, 6.07) is 11.0. The number of anilines is 1. The van der Waals surface area contributed by atoms with Crippen LogP contribution in [-0.4, -0.2) is 45.9 Å². The predicted molar refractivity (Wildman–Crippen MR) is 103 cm³/mol. The summed E-state index contributed by atoms with van der Waals surface area (Å²) in [7, 11) is 2.11. The maximum absolute atomic E-state index is 12.6. The van der Waals surface area contributed by atoms with E-state index in [-0.39, 0.29) is 17.7 Å². The molecule has 2 aromatic heterocycles. The Labute approximate surface area is 161 Å². The van der Waals surface area contributed by atoms with Crippen LogP contribution in [0.15, 0.2) is 47.1 Å². The van der Waals surface area contributed by atoms with Crippen LogP contribution in [0.5, 0.6) is 0 Å². The fourth-order valence-electron chi connectivity index (χ4n) is 3.30. The number of rotatable bonds is 4. The molecule has 1 aliphatic rings. The molecule has 0 bridgehead atoms. The molecular formula is C19H20ClN5O2. The molecule has 1 amide bonds. The molecule has 4 rings (SSSR count). The van der Waals surface area contributed by atoms with E-state index in [1.807, 2.05) is 22.9 Å². The van der Waals surface area contributed by atoms with Crippen LogP contribution in [0.25, 0.3) is 11.3 Å². The van der Waals surface area contributed by atoms with Crippen LogP contribution in [0.2, 0.25) is 5.02 Å². The summed E-state index contributed by atoms with van der Waals surface area (Å²) in [4.78, 5) is 14.9. The lowest BCUT2D eigenvalue weighted by molar-refractivity contribution is 0.0986. The van der Waals surface area contributed by atoms with E-state index in [0.29, 0.717) is 16.5 Å². The quantitative estimate of drug-likeness (QED) is 0.740. The van der Waals surface area contributed by atoms with Gasteiger partial charge < -0.3 is 14.7 Å². The van der Waals surface area contributed by atoms with E-state index in [1.165, 1.54) is 0 Å². The largest absolute Gasteiger partial charge is 0.350 e. The number of hydrogen-bond donors (Lipinski definition) is 1. The number of carbonyl (C=O) groups excluding carboxylic acids is 1. The fourth-order valence-corrected chi connectivity index (χ4v) is 3.53. The van der Waals surface area contributed by atoms with Gasteiger partial charge in [-0.25, -0.2) is 4.68 Å². The number of carbonyl (C=O) groups is 1. The summed E-state index contributed by atoms with van der Waals surface area (Å²) in [6.45, 7) is 2.03. The highest BCUT2D eigenvalue weighted by Crippen LogP contribution is 2.28. The third-order valence-electron chi connectivity index (χ3n) is 4.83. The lowest BCUT2D eigenvalue weighted by Gasteiger charge is -2.29. The van der Waals surface area contributed by atoms with Crippen LogP contribution in [0.3, 0.4) is 0 Å². The minimum atomic E-state index is -0.365. The monoisotopic (exact) mass is 385 g/mol. The number of halogens is 1. The molecule has 8 heteroatoms. The van der Waals surface area contributed by atoms with Gasteiger partial charge >= 0.3 is 0 Å². The lowest BCUT2D eigenvalue weighted by Crippen LogP contribution is -2.32. The predicted octanol–water partition coefficient (Wildman–Crippen LogP) is 3.71. The Bertz CT molecular complexity index is 943. The second-order valence-corrected chi connectivity index (χ2v) is 7.11. The van der Waals surface area contributed by atoms with Crippen LogP contribution in [0.1, 0.15) is 29.4 Å². The molecule has 7 nitrogen and oxygen atoms in total. The van der Waals surface area contributed by atoms with E-state index in [9.17, 15) is 4.79 Å². The number of piperidine rings is 1. The third kappa shape index (κ3) is 3.74. The van der Waals surface area contributed by atoms with Crippen molar-refractivity contribution >= 4 is 23.3 Å². The first-order chi connectivity index (χ1) is 13.1. The molecule has 3 heterocycles. The number of aromatic nitrogens is 3. The van der Waals surface area contributed by atoms with Gasteiger partial charge in [0, 0.05) is 17.7 Å². The zero-order valence-corrected chi connectivity index (χ0v) is 15.7. The van der Waals surface area contributed by atoms with E-state index in [0.717, 1.165) is 31.5 Å².